The molecular weight excluding hydrogens is 340 g/mol. The molecule has 0 saturated carbocycles. The van der Waals surface area contributed by atoms with E-state index in [2.05, 4.69) is 21.2 Å². The van der Waals surface area contributed by atoms with Crippen LogP contribution in [0.2, 0.25) is 5.02 Å². The van der Waals surface area contributed by atoms with Gasteiger partial charge in [0, 0.05) is 27.5 Å². The molecule has 0 spiro atoms. The molecule has 0 aliphatic carbocycles. The lowest BCUT2D eigenvalue weighted by Crippen LogP contribution is -1.98. The zero-order valence-corrected chi connectivity index (χ0v) is 12.2. The number of nitro groups is 1. The Morgan fingerprint density at radius 1 is 1.44 bits per heavy atom. The molecule has 0 atom stereocenters. The quantitative estimate of drug-likeness (QED) is 0.645. The third-order valence-corrected chi connectivity index (χ3v) is 4.09. The Morgan fingerprint density at radius 2 is 2.22 bits per heavy atom. The van der Waals surface area contributed by atoms with Crippen molar-refractivity contribution >= 4 is 49.6 Å². The Balaban J connectivity index is 2.06. The molecule has 2 rings (SSSR count). The van der Waals surface area contributed by atoms with Crippen LogP contribution in [0, 0.1) is 10.1 Å². The molecule has 0 radical (unpaired) electrons. The van der Waals surface area contributed by atoms with E-state index in [0.717, 1.165) is 27.1 Å². The normalized spacial score (nSPS) is 10.3. The Hall–Kier alpha value is -1.11. The molecule has 0 unspecified atom stereocenters. The van der Waals surface area contributed by atoms with E-state index in [0.29, 0.717) is 11.6 Å². The minimum Gasteiger partial charge on any atom is -0.380 e. The van der Waals surface area contributed by atoms with Crippen LogP contribution >= 0.6 is 38.9 Å². The molecule has 0 aliphatic rings. The van der Waals surface area contributed by atoms with Gasteiger partial charge >= 0.3 is 5.00 Å². The zero-order chi connectivity index (χ0) is 13.1. The molecule has 1 N–H and O–H groups in total. The van der Waals surface area contributed by atoms with Crippen LogP contribution < -0.4 is 5.32 Å². The Bertz CT molecular complexity index is 588. The molecule has 1 aromatic heterocycles. The fourth-order valence-corrected chi connectivity index (χ4v) is 2.67. The van der Waals surface area contributed by atoms with Gasteiger partial charge in [-0.1, -0.05) is 22.9 Å². The summed E-state index contributed by atoms with van der Waals surface area (Å²) >= 11 is 10.4. The molecule has 1 aromatic carbocycles. The maximum absolute atomic E-state index is 10.6. The summed E-state index contributed by atoms with van der Waals surface area (Å²) in [5.74, 6) is 0. The van der Waals surface area contributed by atoms with E-state index < -0.39 is 0 Å². The van der Waals surface area contributed by atoms with Gasteiger partial charge in [-0.05, 0) is 39.7 Å². The first-order valence-electron chi connectivity index (χ1n) is 4.97. The lowest BCUT2D eigenvalue weighted by molar-refractivity contribution is -0.380. The minimum atomic E-state index is -0.385. The fraction of sp³-hybridized carbons (Fsp3) is 0.0909. The molecular formula is C11H8BrClN2O2S. The van der Waals surface area contributed by atoms with Crippen molar-refractivity contribution in [2.45, 2.75) is 6.54 Å². The van der Waals surface area contributed by atoms with Crippen molar-refractivity contribution in [1.29, 1.82) is 0 Å². The van der Waals surface area contributed by atoms with Crippen molar-refractivity contribution < 1.29 is 4.92 Å². The average molecular weight is 348 g/mol. The standard InChI is InChI=1S/C11H8BrClN2O2S/c12-9-2-1-8(13)4-10(9)14-5-7-3-11(15(16)17)18-6-7/h1-4,6,14H,5H2. The predicted octanol–water partition coefficient (Wildman–Crippen LogP) is 4.68. The Labute approximate surface area is 121 Å². The summed E-state index contributed by atoms with van der Waals surface area (Å²) in [5.41, 5.74) is 1.73. The molecule has 4 nitrogen and oxygen atoms in total. The van der Waals surface area contributed by atoms with Crippen LogP contribution in [0.1, 0.15) is 5.56 Å². The summed E-state index contributed by atoms with van der Waals surface area (Å²) in [6.45, 7) is 0.517. The van der Waals surface area contributed by atoms with Crippen LogP contribution in [-0.2, 0) is 6.54 Å². The summed E-state index contributed by atoms with van der Waals surface area (Å²) in [6, 6.07) is 7.00. The second-order valence-electron chi connectivity index (χ2n) is 3.53. The van der Waals surface area contributed by atoms with Gasteiger partial charge in [0.25, 0.3) is 0 Å². The monoisotopic (exact) mass is 346 g/mol. The van der Waals surface area contributed by atoms with Crippen LogP contribution in [0.15, 0.2) is 34.1 Å². The smallest absolute Gasteiger partial charge is 0.324 e. The van der Waals surface area contributed by atoms with E-state index in [-0.39, 0.29) is 9.92 Å². The van der Waals surface area contributed by atoms with Crippen molar-refractivity contribution in [2.75, 3.05) is 5.32 Å². The zero-order valence-electron chi connectivity index (χ0n) is 9.02. The van der Waals surface area contributed by atoms with E-state index in [4.69, 9.17) is 11.6 Å². The van der Waals surface area contributed by atoms with Crippen molar-refractivity contribution in [3.05, 3.63) is 54.8 Å². The van der Waals surface area contributed by atoms with Crippen LogP contribution in [-0.4, -0.2) is 4.92 Å². The molecule has 0 amide bonds. The lowest BCUT2D eigenvalue weighted by Gasteiger charge is -2.07. The van der Waals surface area contributed by atoms with Crippen LogP contribution in [0.25, 0.3) is 0 Å². The van der Waals surface area contributed by atoms with Crippen molar-refractivity contribution in [3.63, 3.8) is 0 Å². The van der Waals surface area contributed by atoms with Crippen molar-refractivity contribution in [1.82, 2.24) is 0 Å². The highest BCUT2D eigenvalue weighted by Gasteiger charge is 2.09. The molecule has 0 bridgehead atoms. The molecule has 0 saturated heterocycles. The fourth-order valence-electron chi connectivity index (χ4n) is 1.38. The summed E-state index contributed by atoms with van der Waals surface area (Å²) in [6.07, 6.45) is 0. The van der Waals surface area contributed by atoms with E-state index in [1.165, 1.54) is 0 Å². The van der Waals surface area contributed by atoms with Gasteiger partial charge in [-0.25, -0.2) is 0 Å². The number of anilines is 1. The molecule has 0 aliphatic heterocycles. The van der Waals surface area contributed by atoms with Gasteiger partial charge in [0.15, 0.2) is 0 Å². The summed E-state index contributed by atoms with van der Waals surface area (Å²) < 4.78 is 0.900. The van der Waals surface area contributed by atoms with Crippen molar-refractivity contribution in [3.8, 4) is 0 Å². The Morgan fingerprint density at radius 3 is 2.89 bits per heavy atom. The molecule has 18 heavy (non-hydrogen) atoms. The first-order valence-corrected chi connectivity index (χ1v) is 7.02. The van der Waals surface area contributed by atoms with Crippen LogP contribution in [0.3, 0.4) is 0 Å². The van der Waals surface area contributed by atoms with Gasteiger partial charge in [0.2, 0.25) is 0 Å². The number of thiophene rings is 1. The predicted molar refractivity (Wildman–Crippen MR) is 77.5 cm³/mol. The number of hydrogen-bond donors (Lipinski definition) is 1. The average Bonchev–Trinajstić information content (AvgIpc) is 2.79. The molecule has 1 heterocycles. The van der Waals surface area contributed by atoms with Gasteiger partial charge < -0.3 is 5.32 Å². The lowest BCUT2D eigenvalue weighted by atomic mass is 10.3. The number of nitrogens with zero attached hydrogens (tertiary/aromatic N) is 1. The summed E-state index contributed by atoms with van der Waals surface area (Å²) in [7, 11) is 0. The summed E-state index contributed by atoms with van der Waals surface area (Å²) in [5, 5.41) is 16.3. The first-order chi connectivity index (χ1) is 8.56. The number of benzene rings is 1. The Kier molecular flexibility index (Phi) is 4.21. The highest BCUT2D eigenvalue weighted by Crippen LogP contribution is 2.28. The molecule has 7 heteroatoms. The molecule has 2 aromatic rings. The molecule has 0 fully saturated rings. The third-order valence-electron chi connectivity index (χ3n) is 2.23. The maximum atomic E-state index is 10.6. The minimum absolute atomic E-state index is 0.150. The number of halogens is 2. The van der Waals surface area contributed by atoms with Crippen LogP contribution in [0.4, 0.5) is 10.7 Å². The van der Waals surface area contributed by atoms with Gasteiger partial charge in [-0.3, -0.25) is 10.1 Å². The van der Waals surface area contributed by atoms with Crippen LogP contribution in [0.5, 0.6) is 0 Å². The third kappa shape index (κ3) is 3.22. The van der Waals surface area contributed by atoms with Gasteiger partial charge in [0.1, 0.15) is 0 Å². The molecule has 94 valence electrons. The van der Waals surface area contributed by atoms with Gasteiger partial charge in [0.05, 0.1) is 10.6 Å². The SMILES string of the molecule is O=[N+]([O-])c1cc(CNc2cc(Cl)ccc2Br)cs1. The second-order valence-corrected chi connectivity index (χ2v) is 5.71. The highest BCUT2D eigenvalue weighted by molar-refractivity contribution is 9.10. The van der Waals surface area contributed by atoms with Gasteiger partial charge in [-0.15, -0.1) is 0 Å². The topological polar surface area (TPSA) is 55.2 Å². The van der Waals surface area contributed by atoms with Crippen molar-refractivity contribution in [2.24, 2.45) is 0 Å². The van der Waals surface area contributed by atoms with E-state index in [9.17, 15) is 10.1 Å². The number of nitrogens with one attached hydrogen (secondary N) is 1. The highest BCUT2D eigenvalue weighted by atomic mass is 79.9. The van der Waals surface area contributed by atoms with E-state index >= 15 is 0 Å². The second kappa shape index (κ2) is 5.69. The largest absolute Gasteiger partial charge is 0.380 e. The number of hydrogen-bond acceptors (Lipinski definition) is 4. The summed E-state index contributed by atoms with van der Waals surface area (Å²) in [4.78, 5) is 10.2. The van der Waals surface area contributed by atoms with E-state index in [1.807, 2.05) is 6.07 Å². The van der Waals surface area contributed by atoms with E-state index in [1.54, 1.807) is 23.6 Å². The maximum Gasteiger partial charge on any atom is 0.324 e. The first kappa shape index (κ1) is 13.3. The number of rotatable bonds is 4. The van der Waals surface area contributed by atoms with Gasteiger partial charge in [-0.2, -0.15) is 0 Å².